The topological polar surface area (TPSA) is 41.6 Å². The fourth-order valence-corrected chi connectivity index (χ4v) is 2.32. The third-order valence-electron chi connectivity index (χ3n) is 3.31. The van der Waals surface area contributed by atoms with Gasteiger partial charge in [-0.15, -0.1) is 0 Å². The summed E-state index contributed by atoms with van der Waals surface area (Å²) in [5.41, 5.74) is 2.77. The maximum atomic E-state index is 12.7. The van der Waals surface area contributed by atoms with Gasteiger partial charge in [0.25, 0.3) is 5.91 Å². The molecule has 1 aromatic carbocycles. The zero-order valence-electron chi connectivity index (χ0n) is 13.2. The lowest BCUT2D eigenvalue weighted by molar-refractivity contribution is 0.0580. The Hall–Kier alpha value is -1.55. The van der Waals surface area contributed by atoms with Gasteiger partial charge in [0.1, 0.15) is 0 Å². The highest BCUT2D eigenvalue weighted by atomic mass is 16.5. The third-order valence-corrected chi connectivity index (χ3v) is 3.31. The number of nitrogens with one attached hydrogen (secondary N) is 1. The highest BCUT2D eigenvalue weighted by Gasteiger charge is 2.22. The van der Waals surface area contributed by atoms with Crippen LogP contribution in [0.2, 0.25) is 0 Å². The van der Waals surface area contributed by atoms with Crippen molar-refractivity contribution in [1.29, 1.82) is 0 Å². The summed E-state index contributed by atoms with van der Waals surface area (Å²) in [6, 6.07) is 5.96. The molecule has 1 rings (SSSR count). The van der Waals surface area contributed by atoms with Crippen LogP contribution < -0.4 is 5.32 Å². The van der Waals surface area contributed by atoms with Crippen LogP contribution >= 0.6 is 0 Å². The lowest BCUT2D eigenvalue weighted by Gasteiger charge is -2.28. The highest BCUT2D eigenvalue weighted by molar-refractivity contribution is 6.00. The predicted octanol–water partition coefficient (Wildman–Crippen LogP) is 2.92. The molecule has 0 bridgehead atoms. The fraction of sp³-hybridized carbons (Fsp3) is 0.562. The number of ether oxygens (including phenoxy) is 1. The molecule has 0 fully saturated rings. The minimum absolute atomic E-state index is 0.0491. The smallest absolute Gasteiger partial charge is 0.256 e. The Bertz CT molecular complexity index is 446. The molecule has 0 saturated heterocycles. The van der Waals surface area contributed by atoms with Gasteiger partial charge in [0.2, 0.25) is 0 Å². The maximum absolute atomic E-state index is 12.7. The van der Waals surface area contributed by atoms with E-state index in [1.54, 1.807) is 7.11 Å². The molecule has 0 aromatic heterocycles. The third kappa shape index (κ3) is 3.97. The second kappa shape index (κ2) is 7.90. The van der Waals surface area contributed by atoms with Crippen LogP contribution in [0.4, 0.5) is 5.69 Å². The van der Waals surface area contributed by atoms with Crippen molar-refractivity contribution < 1.29 is 9.53 Å². The van der Waals surface area contributed by atoms with Gasteiger partial charge in [0.05, 0.1) is 18.2 Å². The van der Waals surface area contributed by atoms with Gasteiger partial charge in [-0.2, -0.15) is 0 Å². The Labute approximate surface area is 122 Å². The van der Waals surface area contributed by atoms with Crippen molar-refractivity contribution >= 4 is 11.6 Å². The maximum Gasteiger partial charge on any atom is 0.256 e. The van der Waals surface area contributed by atoms with E-state index in [-0.39, 0.29) is 11.9 Å². The molecular weight excluding hydrogens is 252 g/mol. The first-order valence-electron chi connectivity index (χ1n) is 7.19. The Balaban J connectivity index is 3.05. The number of hydrogen-bond donors (Lipinski definition) is 1. The molecule has 4 heteroatoms. The number of rotatable bonds is 7. The molecule has 20 heavy (non-hydrogen) atoms. The number of aryl methyl sites for hydroxylation is 1. The van der Waals surface area contributed by atoms with E-state index < -0.39 is 0 Å². The van der Waals surface area contributed by atoms with Crippen LogP contribution in [0, 0.1) is 6.92 Å². The average Bonchev–Trinajstić information content (AvgIpc) is 2.40. The average molecular weight is 278 g/mol. The van der Waals surface area contributed by atoms with E-state index >= 15 is 0 Å². The number of likely N-dealkylation sites (N-methyl/N-ethyl adjacent to an activating group) is 1. The van der Waals surface area contributed by atoms with Crippen molar-refractivity contribution in [2.24, 2.45) is 0 Å². The zero-order valence-corrected chi connectivity index (χ0v) is 13.2. The van der Waals surface area contributed by atoms with E-state index in [4.69, 9.17) is 4.74 Å². The second-order valence-electron chi connectivity index (χ2n) is 4.97. The number of anilines is 1. The summed E-state index contributed by atoms with van der Waals surface area (Å²) in [4.78, 5) is 14.6. The minimum atomic E-state index is 0.0491. The van der Waals surface area contributed by atoms with E-state index in [1.165, 1.54) is 0 Å². The second-order valence-corrected chi connectivity index (χ2v) is 4.97. The zero-order chi connectivity index (χ0) is 15.1. The molecule has 112 valence electrons. The van der Waals surface area contributed by atoms with Gasteiger partial charge in [0.15, 0.2) is 0 Å². The largest absolute Gasteiger partial charge is 0.385 e. The van der Waals surface area contributed by atoms with E-state index in [1.807, 2.05) is 50.8 Å². The van der Waals surface area contributed by atoms with Crippen molar-refractivity contribution in [3.8, 4) is 0 Å². The first-order chi connectivity index (χ1) is 9.54. The fourth-order valence-electron chi connectivity index (χ4n) is 2.32. The summed E-state index contributed by atoms with van der Waals surface area (Å²) in [5.74, 6) is 0.0491. The number of benzene rings is 1. The molecule has 1 unspecified atom stereocenters. The Morgan fingerprint density at radius 1 is 1.40 bits per heavy atom. The first-order valence-corrected chi connectivity index (χ1v) is 7.19. The van der Waals surface area contributed by atoms with E-state index in [0.717, 1.165) is 23.4 Å². The standard InChI is InChI=1S/C16H26N2O2/c1-6-17-15-10-12(3)8-9-14(15)16(19)18(7-2)13(4)11-20-5/h8-10,13,17H,6-7,11H2,1-5H3. The number of nitrogens with zero attached hydrogens (tertiary/aromatic N) is 1. The molecule has 0 aliphatic rings. The van der Waals surface area contributed by atoms with Crippen molar-refractivity contribution in [3.63, 3.8) is 0 Å². The summed E-state index contributed by atoms with van der Waals surface area (Å²) in [6.45, 7) is 10.1. The van der Waals surface area contributed by atoms with E-state index in [9.17, 15) is 4.79 Å². The van der Waals surface area contributed by atoms with Gasteiger partial charge in [-0.1, -0.05) is 6.07 Å². The van der Waals surface area contributed by atoms with E-state index in [0.29, 0.717) is 13.2 Å². The highest BCUT2D eigenvalue weighted by Crippen LogP contribution is 2.20. The SMILES string of the molecule is CCNc1cc(C)ccc1C(=O)N(CC)C(C)COC. The molecule has 0 aliphatic heterocycles. The van der Waals surface area contributed by atoms with Crippen LogP contribution in [0.15, 0.2) is 18.2 Å². The van der Waals surface area contributed by atoms with Crippen LogP contribution in [0.1, 0.15) is 36.7 Å². The van der Waals surface area contributed by atoms with Crippen LogP contribution in [0.25, 0.3) is 0 Å². The molecule has 1 atom stereocenters. The molecule has 0 saturated carbocycles. The number of carbonyl (C=O) groups is 1. The number of methoxy groups -OCH3 is 1. The summed E-state index contributed by atoms with van der Waals surface area (Å²) in [7, 11) is 1.66. The van der Waals surface area contributed by atoms with Gasteiger partial charge in [-0.05, 0) is 45.4 Å². The molecule has 0 aliphatic carbocycles. The van der Waals surface area contributed by atoms with Crippen LogP contribution in [0.5, 0.6) is 0 Å². The summed E-state index contributed by atoms with van der Waals surface area (Å²) in [5, 5.41) is 3.27. The van der Waals surface area contributed by atoms with Crippen molar-refractivity contribution in [3.05, 3.63) is 29.3 Å². The number of amides is 1. The summed E-state index contributed by atoms with van der Waals surface area (Å²) >= 11 is 0. The van der Waals surface area contributed by atoms with Gasteiger partial charge in [0, 0.05) is 25.9 Å². The van der Waals surface area contributed by atoms with Crippen molar-refractivity contribution in [2.75, 3.05) is 32.1 Å². The Kier molecular flexibility index (Phi) is 6.52. The molecule has 1 N–H and O–H groups in total. The number of carbonyl (C=O) groups excluding carboxylic acids is 1. The van der Waals surface area contributed by atoms with Gasteiger partial charge in [-0.25, -0.2) is 0 Å². The predicted molar refractivity (Wildman–Crippen MR) is 83.4 cm³/mol. The normalized spacial score (nSPS) is 12.1. The van der Waals surface area contributed by atoms with Crippen LogP contribution in [0.3, 0.4) is 0 Å². The molecule has 0 radical (unpaired) electrons. The van der Waals surface area contributed by atoms with Gasteiger partial charge >= 0.3 is 0 Å². The van der Waals surface area contributed by atoms with Crippen LogP contribution in [-0.4, -0.2) is 43.7 Å². The Morgan fingerprint density at radius 3 is 2.65 bits per heavy atom. The Morgan fingerprint density at radius 2 is 2.10 bits per heavy atom. The van der Waals surface area contributed by atoms with Crippen molar-refractivity contribution in [1.82, 2.24) is 4.90 Å². The monoisotopic (exact) mass is 278 g/mol. The molecule has 0 heterocycles. The molecular formula is C16H26N2O2. The number of hydrogen-bond acceptors (Lipinski definition) is 3. The lowest BCUT2D eigenvalue weighted by Crippen LogP contribution is -2.41. The first kappa shape index (κ1) is 16.5. The van der Waals surface area contributed by atoms with E-state index in [2.05, 4.69) is 5.32 Å². The summed E-state index contributed by atoms with van der Waals surface area (Å²) < 4.78 is 5.16. The summed E-state index contributed by atoms with van der Waals surface area (Å²) in [6.07, 6.45) is 0. The molecule has 0 spiro atoms. The minimum Gasteiger partial charge on any atom is -0.385 e. The lowest BCUT2D eigenvalue weighted by atomic mass is 10.1. The molecule has 1 aromatic rings. The molecule has 1 amide bonds. The quantitative estimate of drug-likeness (QED) is 0.834. The van der Waals surface area contributed by atoms with Gasteiger partial charge < -0.3 is 15.0 Å². The molecule has 4 nitrogen and oxygen atoms in total. The van der Waals surface area contributed by atoms with Crippen LogP contribution in [-0.2, 0) is 4.74 Å². The van der Waals surface area contributed by atoms with Gasteiger partial charge in [-0.3, -0.25) is 4.79 Å². The van der Waals surface area contributed by atoms with Crippen molar-refractivity contribution in [2.45, 2.75) is 33.7 Å².